The summed E-state index contributed by atoms with van der Waals surface area (Å²) in [5.41, 5.74) is 9.17. The lowest BCUT2D eigenvalue weighted by Gasteiger charge is -2.49. The Kier molecular flexibility index (Phi) is 7.73. The third-order valence-electron chi connectivity index (χ3n) is 5.67. The highest BCUT2D eigenvalue weighted by atomic mass is 35.5. The molecule has 3 heterocycles. The van der Waals surface area contributed by atoms with Crippen molar-refractivity contribution in [2.75, 3.05) is 18.6 Å². The smallest absolute Gasteiger partial charge is 0.234 e. The van der Waals surface area contributed by atoms with Crippen molar-refractivity contribution in [2.45, 2.75) is 24.6 Å². The second-order valence-corrected chi connectivity index (χ2v) is 10.2. The number of hydrogen-bond donors (Lipinski definition) is 1. The van der Waals surface area contributed by atoms with Crippen LogP contribution in [0.2, 0.25) is 0 Å². The number of rotatable bonds is 9. The molecule has 0 saturated carbocycles. The number of allylic oxidation sites excluding steroid dienone is 2. The molecule has 0 spiro atoms. The SMILES string of the molecule is CO/N=C(\C(=O)C[C@@H]1C(=O)N2C(C(C)=O)=C(/C=C\c3ccc(CCl)cc3)CS[C@H]12)c1csc(N)n1. The number of β-lactam (4-membered cyclic amide) rings is 1. The minimum absolute atomic E-state index is 0.0265. The maximum Gasteiger partial charge on any atom is 0.234 e. The molecule has 2 aliphatic heterocycles. The number of alkyl halides is 1. The van der Waals surface area contributed by atoms with Crippen molar-refractivity contribution in [3.05, 3.63) is 63.8 Å². The Morgan fingerprint density at radius 3 is 2.66 bits per heavy atom. The third kappa shape index (κ3) is 5.19. The van der Waals surface area contributed by atoms with E-state index in [0.717, 1.165) is 16.7 Å². The Bertz CT molecular complexity index is 1250. The molecular formula is C24H23ClN4O4S2. The molecule has 182 valence electrons. The number of fused-ring (bicyclic) bond motifs is 1. The van der Waals surface area contributed by atoms with Crippen molar-refractivity contribution >= 4 is 69.1 Å². The topological polar surface area (TPSA) is 115 Å². The van der Waals surface area contributed by atoms with Gasteiger partial charge >= 0.3 is 0 Å². The Morgan fingerprint density at radius 1 is 1.31 bits per heavy atom. The zero-order valence-corrected chi connectivity index (χ0v) is 21.5. The van der Waals surface area contributed by atoms with Gasteiger partial charge in [0.05, 0.1) is 17.0 Å². The van der Waals surface area contributed by atoms with Crippen LogP contribution in [0.15, 0.2) is 52.1 Å². The van der Waals surface area contributed by atoms with E-state index in [1.807, 2.05) is 36.4 Å². The number of thiazole rings is 1. The first-order chi connectivity index (χ1) is 16.8. The second kappa shape index (κ2) is 10.8. The number of nitrogens with two attached hydrogens (primary N) is 1. The van der Waals surface area contributed by atoms with Gasteiger partial charge in [-0.3, -0.25) is 19.3 Å². The summed E-state index contributed by atoms with van der Waals surface area (Å²) in [6.45, 7) is 1.45. The molecule has 35 heavy (non-hydrogen) atoms. The van der Waals surface area contributed by atoms with Crippen molar-refractivity contribution in [1.82, 2.24) is 9.88 Å². The van der Waals surface area contributed by atoms with Crippen LogP contribution in [0.5, 0.6) is 0 Å². The van der Waals surface area contributed by atoms with Gasteiger partial charge in [-0.15, -0.1) is 34.7 Å². The van der Waals surface area contributed by atoms with Crippen molar-refractivity contribution < 1.29 is 19.2 Å². The average molecular weight is 531 g/mol. The number of aromatic nitrogens is 1. The van der Waals surface area contributed by atoms with Gasteiger partial charge in [0, 0.05) is 30.4 Å². The monoisotopic (exact) mass is 530 g/mol. The first-order valence-corrected chi connectivity index (χ1v) is 13.2. The van der Waals surface area contributed by atoms with Gasteiger partial charge in [0.1, 0.15) is 12.8 Å². The second-order valence-electron chi connectivity index (χ2n) is 7.98. The number of nitrogen functional groups attached to an aromatic ring is 1. The fraction of sp³-hybridized carbons (Fsp3) is 0.292. The zero-order chi connectivity index (χ0) is 25.1. The van der Waals surface area contributed by atoms with Crippen molar-refractivity contribution in [2.24, 2.45) is 11.1 Å². The molecule has 2 atom stereocenters. The molecule has 1 aromatic carbocycles. The predicted octanol–water partition coefficient (Wildman–Crippen LogP) is 3.86. The van der Waals surface area contributed by atoms with Gasteiger partial charge in [0.15, 0.2) is 22.4 Å². The summed E-state index contributed by atoms with van der Waals surface area (Å²) in [7, 11) is 1.33. The van der Waals surface area contributed by atoms with Gasteiger partial charge in [-0.2, -0.15) is 0 Å². The molecule has 1 fully saturated rings. The van der Waals surface area contributed by atoms with Gasteiger partial charge in [-0.1, -0.05) is 41.6 Å². The molecule has 11 heteroatoms. The van der Waals surface area contributed by atoms with E-state index >= 15 is 0 Å². The van der Waals surface area contributed by atoms with Gasteiger partial charge < -0.3 is 10.6 Å². The molecule has 1 aromatic heterocycles. The Morgan fingerprint density at radius 2 is 2.06 bits per heavy atom. The van der Waals surface area contributed by atoms with E-state index in [9.17, 15) is 14.4 Å². The lowest BCUT2D eigenvalue weighted by molar-refractivity contribution is -0.150. The molecule has 0 radical (unpaired) electrons. The summed E-state index contributed by atoms with van der Waals surface area (Å²) >= 11 is 8.56. The summed E-state index contributed by atoms with van der Waals surface area (Å²) in [6.07, 6.45) is 3.72. The number of carbonyl (C=O) groups excluding carboxylic acids is 3. The Labute approximate surface area is 215 Å². The maximum absolute atomic E-state index is 13.1. The van der Waals surface area contributed by atoms with Gasteiger partial charge in [0.2, 0.25) is 5.91 Å². The molecule has 0 bridgehead atoms. The van der Waals surface area contributed by atoms with Gasteiger partial charge in [0.25, 0.3) is 0 Å². The molecule has 2 aromatic rings. The van der Waals surface area contributed by atoms with Crippen LogP contribution in [0.25, 0.3) is 6.08 Å². The summed E-state index contributed by atoms with van der Waals surface area (Å²) in [5, 5.41) is 5.44. The van der Waals surface area contributed by atoms with Crippen LogP contribution in [0.4, 0.5) is 5.13 Å². The number of carbonyl (C=O) groups is 3. The molecule has 1 amide bonds. The van der Waals surface area contributed by atoms with Crippen LogP contribution in [-0.2, 0) is 25.1 Å². The largest absolute Gasteiger partial charge is 0.398 e. The van der Waals surface area contributed by atoms with E-state index in [-0.39, 0.29) is 35.0 Å². The molecule has 8 nitrogen and oxygen atoms in total. The normalized spacial score (nSPS) is 20.1. The summed E-state index contributed by atoms with van der Waals surface area (Å²) in [6, 6.07) is 7.79. The van der Waals surface area contributed by atoms with E-state index in [1.165, 1.54) is 42.0 Å². The van der Waals surface area contributed by atoms with Crippen molar-refractivity contribution in [1.29, 1.82) is 0 Å². The van der Waals surface area contributed by atoms with E-state index in [0.29, 0.717) is 28.2 Å². The lowest BCUT2D eigenvalue weighted by atomic mass is 9.88. The maximum atomic E-state index is 13.1. The van der Waals surface area contributed by atoms with Crippen LogP contribution in [-0.4, -0.2) is 51.3 Å². The van der Waals surface area contributed by atoms with Crippen LogP contribution in [0.1, 0.15) is 30.2 Å². The first kappa shape index (κ1) is 25.2. The number of amides is 1. The number of nitrogens with zero attached hydrogens (tertiary/aromatic N) is 3. The highest BCUT2D eigenvalue weighted by molar-refractivity contribution is 8.00. The van der Waals surface area contributed by atoms with E-state index in [1.54, 1.807) is 5.38 Å². The number of Topliss-reactive ketones (excluding diaryl/α,β-unsaturated/α-hetero) is 2. The predicted molar refractivity (Wildman–Crippen MR) is 139 cm³/mol. The van der Waals surface area contributed by atoms with Crippen LogP contribution < -0.4 is 5.73 Å². The van der Waals surface area contributed by atoms with E-state index < -0.39 is 5.92 Å². The number of halogens is 1. The molecular weight excluding hydrogens is 508 g/mol. The summed E-state index contributed by atoms with van der Waals surface area (Å²) < 4.78 is 0. The fourth-order valence-corrected chi connectivity index (χ4v) is 6.11. The first-order valence-electron chi connectivity index (χ1n) is 10.7. The summed E-state index contributed by atoms with van der Waals surface area (Å²) in [5.74, 6) is -0.383. The molecule has 0 aliphatic carbocycles. The van der Waals surface area contributed by atoms with Crippen LogP contribution in [0, 0.1) is 5.92 Å². The number of ketones is 2. The van der Waals surface area contributed by atoms with Gasteiger partial charge in [-0.05, 0) is 16.7 Å². The average Bonchev–Trinajstić information content (AvgIpc) is 3.29. The fourth-order valence-electron chi connectivity index (χ4n) is 4.00. The van der Waals surface area contributed by atoms with E-state index in [4.69, 9.17) is 22.2 Å². The third-order valence-corrected chi connectivity index (χ3v) is 8.01. The number of benzene rings is 1. The standard InChI is InChI=1S/C24H23ClN4O4S2/c1-13(30)21-16(8-7-14-3-5-15(10-25)6-4-14)11-34-23-17(22(32)29(21)23)9-19(31)20(28-33-2)18-12-35-24(26)27-18/h3-8,12,17,23H,9-11H2,1-2H3,(H2,26,27)/b8-7-,28-20-/t17-,23-/m1/s1. The molecule has 0 unspecified atom stereocenters. The molecule has 2 N–H and O–H groups in total. The molecule has 2 aliphatic rings. The van der Waals surface area contributed by atoms with E-state index in [2.05, 4.69) is 10.1 Å². The zero-order valence-electron chi connectivity index (χ0n) is 19.1. The Balaban J connectivity index is 1.52. The number of oxime groups is 1. The minimum atomic E-state index is -0.562. The number of hydrogen-bond acceptors (Lipinski definition) is 9. The van der Waals surface area contributed by atoms with Crippen molar-refractivity contribution in [3.8, 4) is 0 Å². The van der Waals surface area contributed by atoms with Gasteiger partial charge in [-0.25, -0.2) is 4.98 Å². The van der Waals surface area contributed by atoms with Crippen LogP contribution >= 0.6 is 34.7 Å². The summed E-state index contributed by atoms with van der Waals surface area (Å²) in [4.78, 5) is 49.0. The molecule has 4 rings (SSSR count). The van der Waals surface area contributed by atoms with Crippen LogP contribution in [0.3, 0.4) is 0 Å². The number of thioether (sulfide) groups is 1. The lowest BCUT2D eigenvalue weighted by Crippen LogP contribution is -2.61. The highest BCUT2D eigenvalue weighted by Crippen LogP contribution is 2.45. The minimum Gasteiger partial charge on any atom is -0.398 e. The highest BCUT2D eigenvalue weighted by Gasteiger charge is 2.53. The quantitative estimate of drug-likeness (QED) is 0.226. The molecule has 1 saturated heterocycles. The number of anilines is 1. The Hall–Kier alpha value is -2.95. The van der Waals surface area contributed by atoms with Crippen molar-refractivity contribution in [3.63, 3.8) is 0 Å².